The zero-order valence-corrected chi connectivity index (χ0v) is 10.9. The van der Waals surface area contributed by atoms with E-state index in [1.165, 1.54) is 0 Å². The van der Waals surface area contributed by atoms with Gasteiger partial charge in [-0.25, -0.2) is 0 Å². The van der Waals surface area contributed by atoms with Crippen molar-refractivity contribution in [3.8, 4) is 0 Å². The van der Waals surface area contributed by atoms with Gasteiger partial charge in [0.2, 0.25) is 0 Å². The summed E-state index contributed by atoms with van der Waals surface area (Å²) in [7, 11) is 0. The van der Waals surface area contributed by atoms with Crippen molar-refractivity contribution in [2.24, 2.45) is 0 Å². The lowest BCUT2D eigenvalue weighted by atomic mass is 10.1. The molecule has 0 aliphatic carbocycles. The highest BCUT2D eigenvalue weighted by Gasteiger charge is 2.19. The van der Waals surface area contributed by atoms with Crippen molar-refractivity contribution in [2.75, 3.05) is 44.2 Å². The molecule has 1 aliphatic rings. The van der Waals surface area contributed by atoms with Crippen LogP contribution >= 0.6 is 0 Å². The maximum absolute atomic E-state index is 8.97. The molecule has 1 aromatic heterocycles. The number of benzene rings is 1. The fraction of sp³-hybridized carbons (Fsp3) is 0.429. The Morgan fingerprint density at radius 3 is 2.68 bits per heavy atom. The molecular formula is C14H18N4O. The topological polar surface area (TPSA) is 52.5 Å². The molecule has 0 bridgehead atoms. The van der Waals surface area contributed by atoms with Crippen LogP contribution in [0, 0.1) is 0 Å². The van der Waals surface area contributed by atoms with Gasteiger partial charge in [0, 0.05) is 43.5 Å². The molecule has 1 aromatic carbocycles. The molecule has 0 atom stereocenters. The van der Waals surface area contributed by atoms with Crippen LogP contribution in [0.15, 0.2) is 30.5 Å². The number of rotatable bonds is 3. The second kappa shape index (κ2) is 5.50. The first-order valence-electron chi connectivity index (χ1n) is 6.67. The lowest BCUT2D eigenvalue weighted by molar-refractivity contribution is 0.188. The Labute approximate surface area is 112 Å². The first kappa shape index (κ1) is 12.3. The number of nitrogens with zero attached hydrogens (tertiary/aromatic N) is 4. The number of hydrogen-bond acceptors (Lipinski definition) is 5. The standard InChI is InChI=1S/C14H18N4O/c19-10-9-17-5-7-18(8-6-17)14-13-4-2-1-3-12(13)11-15-16-14/h1-4,11,19H,5-10H2. The number of anilines is 1. The average Bonchev–Trinajstić information content (AvgIpc) is 2.48. The van der Waals surface area contributed by atoms with Crippen LogP contribution in [0.5, 0.6) is 0 Å². The summed E-state index contributed by atoms with van der Waals surface area (Å²) in [6, 6.07) is 8.22. The van der Waals surface area contributed by atoms with Crippen molar-refractivity contribution in [2.45, 2.75) is 0 Å². The molecule has 3 rings (SSSR count). The minimum Gasteiger partial charge on any atom is -0.395 e. The summed E-state index contributed by atoms with van der Waals surface area (Å²) in [5.74, 6) is 0.974. The summed E-state index contributed by atoms with van der Waals surface area (Å²) in [5, 5.41) is 19.7. The minimum atomic E-state index is 0.230. The second-order valence-corrected chi connectivity index (χ2v) is 4.81. The molecule has 0 saturated carbocycles. The second-order valence-electron chi connectivity index (χ2n) is 4.81. The number of piperazine rings is 1. The number of aromatic nitrogens is 2. The maximum Gasteiger partial charge on any atom is 0.159 e. The van der Waals surface area contributed by atoms with E-state index < -0.39 is 0 Å². The summed E-state index contributed by atoms with van der Waals surface area (Å²) in [4.78, 5) is 4.55. The quantitative estimate of drug-likeness (QED) is 0.880. The van der Waals surface area contributed by atoms with E-state index in [0.717, 1.165) is 49.3 Å². The molecule has 0 amide bonds. The molecular weight excluding hydrogens is 240 g/mol. The van der Waals surface area contributed by atoms with Crippen molar-refractivity contribution in [3.05, 3.63) is 30.5 Å². The van der Waals surface area contributed by atoms with Crippen molar-refractivity contribution >= 4 is 16.6 Å². The molecule has 0 unspecified atom stereocenters. The molecule has 1 fully saturated rings. The van der Waals surface area contributed by atoms with E-state index in [1.54, 1.807) is 6.20 Å². The molecule has 1 aliphatic heterocycles. The summed E-state index contributed by atoms with van der Waals surface area (Å²) in [6.07, 6.45) is 1.81. The van der Waals surface area contributed by atoms with Gasteiger partial charge < -0.3 is 10.0 Å². The molecule has 5 heteroatoms. The van der Waals surface area contributed by atoms with E-state index in [1.807, 2.05) is 12.1 Å². The lowest BCUT2D eigenvalue weighted by Gasteiger charge is -2.35. The van der Waals surface area contributed by atoms with Gasteiger partial charge in [-0.15, -0.1) is 5.10 Å². The van der Waals surface area contributed by atoms with E-state index in [0.29, 0.717) is 0 Å². The number of aliphatic hydroxyl groups excluding tert-OH is 1. The Morgan fingerprint density at radius 2 is 1.89 bits per heavy atom. The van der Waals surface area contributed by atoms with Gasteiger partial charge in [-0.3, -0.25) is 4.90 Å². The van der Waals surface area contributed by atoms with Gasteiger partial charge in [0.1, 0.15) is 0 Å². The van der Waals surface area contributed by atoms with Crippen LogP contribution in [0.4, 0.5) is 5.82 Å². The Balaban J connectivity index is 1.82. The van der Waals surface area contributed by atoms with Crippen LogP contribution in [-0.4, -0.2) is 59.5 Å². The molecule has 1 saturated heterocycles. The Bertz CT molecular complexity index is 547. The third kappa shape index (κ3) is 2.52. The largest absolute Gasteiger partial charge is 0.395 e. The van der Waals surface area contributed by atoms with Crippen molar-refractivity contribution < 1.29 is 5.11 Å². The smallest absolute Gasteiger partial charge is 0.159 e. The minimum absolute atomic E-state index is 0.230. The fourth-order valence-corrected chi connectivity index (χ4v) is 2.57. The van der Waals surface area contributed by atoms with Crippen LogP contribution in [0.2, 0.25) is 0 Å². The molecule has 19 heavy (non-hydrogen) atoms. The van der Waals surface area contributed by atoms with Crippen LogP contribution < -0.4 is 4.90 Å². The highest BCUT2D eigenvalue weighted by molar-refractivity contribution is 5.91. The maximum atomic E-state index is 8.97. The highest BCUT2D eigenvalue weighted by Crippen LogP contribution is 2.23. The summed E-state index contributed by atoms with van der Waals surface area (Å²) in [5.41, 5.74) is 0. The highest BCUT2D eigenvalue weighted by atomic mass is 16.3. The third-order valence-electron chi connectivity index (χ3n) is 3.64. The van der Waals surface area contributed by atoms with E-state index in [9.17, 15) is 0 Å². The summed E-state index contributed by atoms with van der Waals surface area (Å²) in [6.45, 7) is 4.78. The molecule has 0 spiro atoms. The van der Waals surface area contributed by atoms with Gasteiger partial charge in [-0.05, 0) is 0 Å². The first-order chi connectivity index (χ1) is 9.38. The number of aliphatic hydroxyl groups is 1. The van der Waals surface area contributed by atoms with Gasteiger partial charge in [0.05, 0.1) is 12.8 Å². The van der Waals surface area contributed by atoms with Gasteiger partial charge in [0.25, 0.3) is 0 Å². The Kier molecular flexibility index (Phi) is 3.57. The van der Waals surface area contributed by atoms with E-state index in [2.05, 4.69) is 32.1 Å². The first-order valence-corrected chi connectivity index (χ1v) is 6.67. The van der Waals surface area contributed by atoms with Gasteiger partial charge in [0.15, 0.2) is 5.82 Å². The molecule has 2 heterocycles. The normalized spacial score (nSPS) is 17.0. The van der Waals surface area contributed by atoms with Crippen molar-refractivity contribution in [1.29, 1.82) is 0 Å². The third-order valence-corrected chi connectivity index (χ3v) is 3.64. The molecule has 2 aromatic rings. The summed E-state index contributed by atoms with van der Waals surface area (Å²) < 4.78 is 0. The van der Waals surface area contributed by atoms with Crippen LogP contribution in [0.25, 0.3) is 10.8 Å². The lowest BCUT2D eigenvalue weighted by Crippen LogP contribution is -2.47. The zero-order chi connectivity index (χ0) is 13.1. The molecule has 0 radical (unpaired) electrons. The fourth-order valence-electron chi connectivity index (χ4n) is 2.57. The number of fused-ring (bicyclic) bond motifs is 1. The monoisotopic (exact) mass is 258 g/mol. The van der Waals surface area contributed by atoms with E-state index in [-0.39, 0.29) is 6.61 Å². The van der Waals surface area contributed by atoms with E-state index >= 15 is 0 Å². The molecule has 1 N–H and O–H groups in total. The predicted molar refractivity (Wildman–Crippen MR) is 75.3 cm³/mol. The number of hydrogen-bond donors (Lipinski definition) is 1. The van der Waals surface area contributed by atoms with Gasteiger partial charge in [-0.1, -0.05) is 24.3 Å². The van der Waals surface area contributed by atoms with Crippen LogP contribution in [0.1, 0.15) is 0 Å². The van der Waals surface area contributed by atoms with Gasteiger partial charge in [-0.2, -0.15) is 5.10 Å². The van der Waals surface area contributed by atoms with Crippen molar-refractivity contribution in [3.63, 3.8) is 0 Å². The Morgan fingerprint density at radius 1 is 1.11 bits per heavy atom. The van der Waals surface area contributed by atoms with Crippen LogP contribution in [0.3, 0.4) is 0 Å². The van der Waals surface area contributed by atoms with E-state index in [4.69, 9.17) is 5.11 Å². The predicted octanol–water partition coefficient (Wildman–Crippen LogP) is 0.744. The Hall–Kier alpha value is -1.72. The summed E-state index contributed by atoms with van der Waals surface area (Å²) >= 11 is 0. The molecule has 100 valence electrons. The number of β-amino-alcohol motifs (C(OH)–C–C–N with tert-alkyl or cyclic N) is 1. The SMILES string of the molecule is OCCN1CCN(c2nncc3ccccc23)CC1. The van der Waals surface area contributed by atoms with Gasteiger partial charge >= 0.3 is 0 Å². The van der Waals surface area contributed by atoms with Crippen LogP contribution in [-0.2, 0) is 0 Å². The zero-order valence-electron chi connectivity index (χ0n) is 10.9. The molecule has 5 nitrogen and oxygen atoms in total. The van der Waals surface area contributed by atoms with Crippen molar-refractivity contribution in [1.82, 2.24) is 15.1 Å². The average molecular weight is 258 g/mol.